The van der Waals surface area contributed by atoms with Crippen LogP contribution in [-0.4, -0.2) is 23.5 Å². The van der Waals surface area contributed by atoms with Crippen LogP contribution in [0.15, 0.2) is 60.7 Å². The summed E-state index contributed by atoms with van der Waals surface area (Å²) >= 11 is 0. The molecule has 0 aliphatic carbocycles. The van der Waals surface area contributed by atoms with Gasteiger partial charge < -0.3 is 10.4 Å². The van der Waals surface area contributed by atoms with Crippen molar-refractivity contribution in [1.29, 1.82) is 0 Å². The van der Waals surface area contributed by atoms with E-state index in [-0.39, 0.29) is 30.3 Å². The van der Waals surface area contributed by atoms with E-state index in [0.717, 1.165) is 5.56 Å². The fraction of sp³-hybridized carbons (Fsp3) is 0.278. The van der Waals surface area contributed by atoms with E-state index in [1.54, 1.807) is 6.92 Å². The van der Waals surface area contributed by atoms with Crippen molar-refractivity contribution in [2.75, 3.05) is 6.54 Å². The zero-order valence-electron chi connectivity index (χ0n) is 12.6. The molecule has 2 rings (SSSR count). The highest BCUT2D eigenvalue weighted by molar-refractivity contribution is 6.00. The van der Waals surface area contributed by atoms with Crippen molar-refractivity contribution < 1.29 is 9.90 Å². The van der Waals surface area contributed by atoms with Gasteiger partial charge >= 0.3 is 0 Å². The second-order valence-electron chi connectivity index (χ2n) is 5.17. The fourth-order valence-electron chi connectivity index (χ4n) is 2.21. The first-order valence-corrected chi connectivity index (χ1v) is 7.24. The number of nitrogens with one attached hydrogen (secondary N) is 1. The third-order valence-corrected chi connectivity index (χ3v) is 3.36. The van der Waals surface area contributed by atoms with Crippen LogP contribution in [0.3, 0.4) is 0 Å². The van der Waals surface area contributed by atoms with Crippen molar-refractivity contribution in [2.45, 2.75) is 25.5 Å². The summed E-state index contributed by atoms with van der Waals surface area (Å²) in [6.45, 7) is 2.34. The summed E-state index contributed by atoms with van der Waals surface area (Å²) in [4.78, 5) is 12.7. The zero-order valence-corrected chi connectivity index (χ0v) is 13.4. The summed E-state index contributed by atoms with van der Waals surface area (Å²) < 4.78 is 0. The van der Waals surface area contributed by atoms with Crippen LogP contribution in [-0.2, 0) is 0 Å². The van der Waals surface area contributed by atoms with E-state index >= 15 is 0 Å². The topological polar surface area (TPSA) is 49.3 Å². The van der Waals surface area contributed by atoms with Crippen LogP contribution in [0.2, 0.25) is 0 Å². The van der Waals surface area contributed by atoms with Gasteiger partial charge in [0.25, 0.3) is 0 Å². The first-order valence-electron chi connectivity index (χ1n) is 7.24. The van der Waals surface area contributed by atoms with E-state index in [4.69, 9.17) is 0 Å². The molecule has 0 aliphatic rings. The summed E-state index contributed by atoms with van der Waals surface area (Å²) in [5.41, 5.74) is 1.63. The highest BCUT2D eigenvalue weighted by atomic mass is 35.5. The SMILES string of the molecule is CC(O)CCNC(C(=O)c1ccccc1)c1ccccc1.Cl. The molecule has 0 amide bonds. The number of carbonyl (C=O) groups is 1. The summed E-state index contributed by atoms with van der Waals surface area (Å²) in [7, 11) is 0. The maximum absolute atomic E-state index is 12.7. The smallest absolute Gasteiger partial charge is 0.184 e. The molecule has 0 saturated carbocycles. The Morgan fingerprint density at radius 2 is 1.59 bits per heavy atom. The van der Waals surface area contributed by atoms with Crippen LogP contribution >= 0.6 is 12.4 Å². The minimum absolute atomic E-state index is 0. The average molecular weight is 320 g/mol. The van der Waals surface area contributed by atoms with E-state index in [2.05, 4.69) is 5.32 Å². The predicted molar refractivity (Wildman–Crippen MR) is 91.5 cm³/mol. The van der Waals surface area contributed by atoms with Crippen LogP contribution in [0.5, 0.6) is 0 Å². The number of hydrogen-bond donors (Lipinski definition) is 2. The second kappa shape index (κ2) is 9.36. The lowest BCUT2D eigenvalue weighted by Gasteiger charge is -2.19. The number of ketones is 1. The molecule has 2 unspecified atom stereocenters. The summed E-state index contributed by atoms with van der Waals surface area (Å²) in [6.07, 6.45) is 0.242. The van der Waals surface area contributed by atoms with Crippen molar-refractivity contribution in [3.05, 3.63) is 71.8 Å². The molecule has 2 aromatic rings. The van der Waals surface area contributed by atoms with Crippen molar-refractivity contribution in [1.82, 2.24) is 5.32 Å². The molecule has 2 aromatic carbocycles. The molecule has 0 saturated heterocycles. The van der Waals surface area contributed by atoms with Crippen molar-refractivity contribution in [2.24, 2.45) is 0 Å². The Morgan fingerprint density at radius 1 is 1.05 bits per heavy atom. The Balaban J connectivity index is 0.00000242. The quantitative estimate of drug-likeness (QED) is 0.769. The average Bonchev–Trinajstić information content (AvgIpc) is 2.52. The van der Waals surface area contributed by atoms with Crippen LogP contribution in [0.25, 0.3) is 0 Å². The minimum Gasteiger partial charge on any atom is -0.393 e. The van der Waals surface area contributed by atoms with Gasteiger partial charge in [-0.1, -0.05) is 60.7 Å². The van der Waals surface area contributed by atoms with Crippen LogP contribution < -0.4 is 5.32 Å². The van der Waals surface area contributed by atoms with Gasteiger partial charge in [-0.2, -0.15) is 0 Å². The molecule has 0 spiro atoms. The number of rotatable bonds is 7. The monoisotopic (exact) mass is 319 g/mol. The van der Waals surface area contributed by atoms with Crippen LogP contribution in [0.1, 0.15) is 35.3 Å². The Morgan fingerprint density at radius 3 is 2.14 bits per heavy atom. The van der Waals surface area contributed by atoms with Crippen molar-refractivity contribution in [3.63, 3.8) is 0 Å². The van der Waals surface area contributed by atoms with Crippen molar-refractivity contribution in [3.8, 4) is 0 Å². The fourth-order valence-corrected chi connectivity index (χ4v) is 2.21. The number of aliphatic hydroxyl groups excluding tert-OH is 1. The molecular formula is C18H22ClNO2. The second-order valence-corrected chi connectivity index (χ2v) is 5.17. The number of Topliss-reactive ketones (excluding diaryl/α,β-unsaturated/α-hetero) is 1. The third kappa shape index (κ3) is 5.26. The van der Waals surface area contributed by atoms with Gasteiger partial charge in [-0.3, -0.25) is 4.79 Å². The predicted octanol–water partition coefficient (Wildman–Crippen LogP) is 3.39. The normalized spacial score (nSPS) is 13.0. The van der Waals surface area contributed by atoms with Gasteiger partial charge in [0.1, 0.15) is 0 Å². The molecule has 0 aliphatic heterocycles. The molecular weight excluding hydrogens is 298 g/mol. The largest absolute Gasteiger partial charge is 0.393 e. The van der Waals surface area contributed by atoms with Gasteiger partial charge in [0.05, 0.1) is 12.1 Å². The van der Waals surface area contributed by atoms with Crippen LogP contribution in [0.4, 0.5) is 0 Å². The molecule has 0 bridgehead atoms. The van der Waals surface area contributed by atoms with Gasteiger partial charge in [0.15, 0.2) is 5.78 Å². The van der Waals surface area contributed by atoms with E-state index < -0.39 is 0 Å². The van der Waals surface area contributed by atoms with Gasteiger partial charge in [0.2, 0.25) is 0 Å². The minimum atomic E-state index is -0.382. The lowest BCUT2D eigenvalue weighted by molar-refractivity contribution is 0.0938. The summed E-state index contributed by atoms with van der Waals surface area (Å²) in [5.74, 6) is 0.0485. The molecule has 118 valence electrons. The van der Waals surface area contributed by atoms with E-state index in [0.29, 0.717) is 18.5 Å². The molecule has 22 heavy (non-hydrogen) atoms. The highest BCUT2D eigenvalue weighted by Crippen LogP contribution is 2.18. The highest BCUT2D eigenvalue weighted by Gasteiger charge is 2.21. The molecule has 0 fully saturated rings. The molecule has 0 heterocycles. The number of benzene rings is 2. The van der Waals surface area contributed by atoms with Gasteiger partial charge in [-0.05, 0) is 25.5 Å². The van der Waals surface area contributed by atoms with Gasteiger partial charge in [0, 0.05) is 5.56 Å². The van der Waals surface area contributed by atoms with Crippen molar-refractivity contribution >= 4 is 18.2 Å². The molecule has 2 N–H and O–H groups in total. The lowest BCUT2D eigenvalue weighted by atomic mass is 9.97. The number of hydrogen-bond acceptors (Lipinski definition) is 3. The maximum Gasteiger partial charge on any atom is 0.184 e. The van der Waals surface area contributed by atoms with E-state index in [1.165, 1.54) is 0 Å². The molecule has 3 nitrogen and oxygen atoms in total. The standard InChI is InChI=1S/C18H21NO2.ClH/c1-14(20)12-13-19-17(15-8-4-2-5-9-15)18(21)16-10-6-3-7-11-16;/h2-11,14,17,19-20H,12-13H2,1H3;1H. The Kier molecular flexibility index (Phi) is 7.82. The third-order valence-electron chi connectivity index (χ3n) is 3.36. The number of carbonyl (C=O) groups excluding carboxylic acids is 1. The summed E-state index contributed by atoms with van der Waals surface area (Å²) in [5, 5.41) is 12.6. The van der Waals surface area contributed by atoms with Crippen LogP contribution in [0, 0.1) is 0 Å². The molecule has 4 heteroatoms. The van der Waals surface area contributed by atoms with Gasteiger partial charge in [-0.15, -0.1) is 12.4 Å². The van der Waals surface area contributed by atoms with E-state index in [1.807, 2.05) is 60.7 Å². The van der Waals surface area contributed by atoms with E-state index in [9.17, 15) is 9.90 Å². The molecule has 0 radical (unpaired) electrons. The Bertz CT molecular complexity index is 558. The maximum atomic E-state index is 12.7. The number of aliphatic hydroxyl groups is 1. The lowest BCUT2D eigenvalue weighted by Crippen LogP contribution is -2.30. The zero-order chi connectivity index (χ0) is 15.1. The number of halogens is 1. The Labute approximate surface area is 137 Å². The Hall–Kier alpha value is -1.68. The first-order chi connectivity index (χ1) is 10.2. The van der Waals surface area contributed by atoms with Gasteiger partial charge in [-0.25, -0.2) is 0 Å². The summed E-state index contributed by atoms with van der Waals surface area (Å²) in [6, 6.07) is 18.6. The molecule has 2 atom stereocenters. The molecule has 0 aromatic heterocycles. The first kappa shape index (κ1) is 18.4.